The van der Waals surface area contributed by atoms with Gasteiger partial charge >= 0.3 is 6.18 Å². The molecule has 1 aliphatic heterocycles. The summed E-state index contributed by atoms with van der Waals surface area (Å²) in [5.41, 5.74) is 2.28. The molecule has 0 atom stereocenters. The molecule has 0 radical (unpaired) electrons. The molecule has 0 bridgehead atoms. The van der Waals surface area contributed by atoms with Crippen LogP contribution in [0.5, 0.6) is 0 Å². The van der Waals surface area contributed by atoms with E-state index in [1.54, 1.807) is 43.3 Å². The molecule has 4 N–H and O–H groups in total. The summed E-state index contributed by atoms with van der Waals surface area (Å²) in [6.07, 6.45) is -2.81. The number of hydrogen-bond acceptors (Lipinski definition) is 7. The topological polar surface area (TPSA) is 125 Å². The van der Waals surface area contributed by atoms with E-state index in [4.69, 9.17) is 0 Å². The predicted octanol–water partition coefficient (Wildman–Crippen LogP) is 4.03. The minimum absolute atomic E-state index is 0.0943. The van der Waals surface area contributed by atoms with Gasteiger partial charge in [-0.05, 0) is 41.8 Å². The summed E-state index contributed by atoms with van der Waals surface area (Å²) in [5.74, 6) is -0.714. The monoisotopic (exact) mass is 506 g/mol. The molecule has 13 heteroatoms. The number of aromatic nitrogens is 2. The first-order valence-corrected chi connectivity index (χ1v) is 12.2. The summed E-state index contributed by atoms with van der Waals surface area (Å²) in [4.78, 5) is 19.3. The van der Waals surface area contributed by atoms with Crippen molar-refractivity contribution >= 4 is 44.8 Å². The summed E-state index contributed by atoms with van der Waals surface area (Å²) >= 11 is 0. The van der Waals surface area contributed by atoms with E-state index in [1.807, 2.05) is 0 Å². The zero-order valence-corrected chi connectivity index (χ0v) is 19.4. The number of anilines is 5. The van der Waals surface area contributed by atoms with Crippen LogP contribution in [0.4, 0.5) is 42.0 Å². The number of sulfonamides is 1. The first-order chi connectivity index (χ1) is 16.4. The van der Waals surface area contributed by atoms with Gasteiger partial charge in [0, 0.05) is 24.1 Å². The third-order valence-corrected chi connectivity index (χ3v) is 5.68. The number of fused-ring (bicyclic) bond motifs is 1. The molecular weight excluding hydrogens is 485 g/mol. The van der Waals surface area contributed by atoms with Crippen molar-refractivity contribution in [1.82, 2.24) is 9.97 Å². The van der Waals surface area contributed by atoms with Crippen LogP contribution in [0.1, 0.15) is 22.3 Å². The first-order valence-electron chi connectivity index (χ1n) is 10.3. The number of carbonyl (C=O) groups excluding carboxylic acids is 1. The van der Waals surface area contributed by atoms with E-state index in [-0.39, 0.29) is 30.5 Å². The summed E-state index contributed by atoms with van der Waals surface area (Å²) in [6.45, 7) is 1.63. The van der Waals surface area contributed by atoms with Crippen LogP contribution in [0.3, 0.4) is 0 Å². The highest BCUT2D eigenvalue weighted by Gasteiger charge is 2.35. The maximum atomic E-state index is 13.6. The average molecular weight is 507 g/mol. The summed E-state index contributed by atoms with van der Waals surface area (Å²) in [7, 11) is -3.60. The molecule has 1 aromatic heterocycles. The highest BCUT2D eigenvalue weighted by atomic mass is 32.2. The molecule has 35 heavy (non-hydrogen) atoms. The molecule has 0 fully saturated rings. The summed E-state index contributed by atoms with van der Waals surface area (Å²) in [5, 5.41) is 8.19. The van der Waals surface area contributed by atoms with Gasteiger partial charge in [0.25, 0.3) is 0 Å². The molecule has 0 saturated heterocycles. The Kier molecular flexibility index (Phi) is 6.28. The molecule has 0 spiro atoms. The Bertz CT molecular complexity index is 1410. The average Bonchev–Trinajstić information content (AvgIpc) is 3.10. The molecule has 9 nitrogen and oxygen atoms in total. The van der Waals surface area contributed by atoms with Crippen LogP contribution in [0.15, 0.2) is 42.6 Å². The highest BCUT2D eigenvalue weighted by molar-refractivity contribution is 7.92. The SMILES string of the molecule is Cc1ccc(CNc2nc(Nc3ccc4c(c3)NC(=O)C4)ncc2C(F)(F)F)c(NS(C)(=O)=O)c1. The van der Waals surface area contributed by atoms with Gasteiger partial charge in [0.1, 0.15) is 11.4 Å². The number of rotatable bonds is 7. The van der Waals surface area contributed by atoms with Crippen molar-refractivity contribution in [2.24, 2.45) is 0 Å². The zero-order valence-electron chi connectivity index (χ0n) is 18.6. The van der Waals surface area contributed by atoms with Crippen molar-refractivity contribution in [3.63, 3.8) is 0 Å². The quantitative estimate of drug-likeness (QED) is 0.381. The van der Waals surface area contributed by atoms with Crippen molar-refractivity contribution in [2.45, 2.75) is 26.1 Å². The zero-order chi connectivity index (χ0) is 25.4. The molecule has 0 saturated carbocycles. The van der Waals surface area contributed by atoms with Crippen molar-refractivity contribution < 1.29 is 26.4 Å². The Balaban J connectivity index is 1.60. The normalized spacial score (nSPS) is 13.2. The molecule has 4 rings (SSSR count). The predicted molar refractivity (Wildman–Crippen MR) is 126 cm³/mol. The number of alkyl halides is 3. The van der Waals surface area contributed by atoms with Gasteiger partial charge in [0.05, 0.1) is 18.4 Å². The Morgan fingerprint density at radius 3 is 2.63 bits per heavy atom. The number of amides is 1. The fourth-order valence-corrected chi connectivity index (χ4v) is 4.11. The maximum absolute atomic E-state index is 13.6. The third-order valence-electron chi connectivity index (χ3n) is 5.09. The number of carbonyl (C=O) groups is 1. The van der Waals surface area contributed by atoms with E-state index in [0.717, 1.165) is 17.4 Å². The van der Waals surface area contributed by atoms with Crippen LogP contribution in [0.25, 0.3) is 0 Å². The van der Waals surface area contributed by atoms with Crippen LogP contribution >= 0.6 is 0 Å². The lowest BCUT2D eigenvalue weighted by molar-refractivity contribution is -0.137. The van der Waals surface area contributed by atoms with Gasteiger partial charge < -0.3 is 16.0 Å². The van der Waals surface area contributed by atoms with Gasteiger partial charge in [0.15, 0.2) is 0 Å². The second-order valence-electron chi connectivity index (χ2n) is 8.06. The van der Waals surface area contributed by atoms with E-state index in [2.05, 4.69) is 30.6 Å². The molecule has 3 aromatic rings. The Hall–Kier alpha value is -3.87. The lowest BCUT2D eigenvalue weighted by Crippen LogP contribution is -2.16. The Labute approximate surface area is 199 Å². The third kappa shape index (κ3) is 5.98. The van der Waals surface area contributed by atoms with E-state index in [1.165, 1.54) is 0 Å². The van der Waals surface area contributed by atoms with E-state index < -0.39 is 27.6 Å². The standard InChI is InChI=1S/C22H21F3N6O3S/c1-12-3-4-14(18(7-12)31-35(2,33)34)10-26-20-16(22(23,24)25)11-27-21(30-20)28-15-6-5-13-8-19(32)29-17(13)9-15/h3-7,9,11,31H,8,10H2,1-2H3,(H,29,32)(H2,26,27,28,30). The van der Waals surface area contributed by atoms with Crippen molar-refractivity contribution in [3.8, 4) is 0 Å². The molecule has 1 amide bonds. The first kappa shape index (κ1) is 24.3. The van der Waals surface area contributed by atoms with Crippen LogP contribution in [-0.4, -0.2) is 30.5 Å². The van der Waals surface area contributed by atoms with Crippen molar-refractivity contribution in [3.05, 3.63) is 64.8 Å². The summed E-state index contributed by atoms with van der Waals surface area (Å²) in [6, 6.07) is 9.96. The number of benzene rings is 2. The molecule has 184 valence electrons. The Morgan fingerprint density at radius 2 is 1.91 bits per heavy atom. The molecule has 2 heterocycles. The number of halogens is 3. The second kappa shape index (κ2) is 9.06. The van der Waals surface area contributed by atoms with Gasteiger partial charge in [-0.1, -0.05) is 18.2 Å². The van der Waals surface area contributed by atoms with Crippen LogP contribution in [-0.2, 0) is 34.0 Å². The van der Waals surface area contributed by atoms with Crippen LogP contribution < -0.4 is 20.7 Å². The van der Waals surface area contributed by atoms with E-state index >= 15 is 0 Å². The number of hydrogen-bond donors (Lipinski definition) is 4. The molecule has 2 aromatic carbocycles. The van der Waals surface area contributed by atoms with E-state index in [0.29, 0.717) is 23.1 Å². The maximum Gasteiger partial charge on any atom is 0.421 e. The number of aryl methyl sites for hydroxylation is 1. The minimum atomic E-state index is -4.72. The van der Waals surface area contributed by atoms with Crippen molar-refractivity contribution in [2.75, 3.05) is 26.9 Å². The number of nitrogens with one attached hydrogen (secondary N) is 4. The highest BCUT2D eigenvalue weighted by Crippen LogP contribution is 2.35. The van der Waals surface area contributed by atoms with Gasteiger partial charge in [-0.3, -0.25) is 9.52 Å². The van der Waals surface area contributed by atoms with Gasteiger partial charge in [0.2, 0.25) is 21.9 Å². The largest absolute Gasteiger partial charge is 0.421 e. The van der Waals surface area contributed by atoms with E-state index in [9.17, 15) is 26.4 Å². The van der Waals surface area contributed by atoms with Gasteiger partial charge in [-0.25, -0.2) is 13.4 Å². The number of nitrogens with zero attached hydrogens (tertiary/aromatic N) is 2. The van der Waals surface area contributed by atoms with Gasteiger partial charge in [-0.2, -0.15) is 18.2 Å². The molecule has 0 unspecified atom stereocenters. The second-order valence-corrected chi connectivity index (χ2v) is 9.81. The van der Waals surface area contributed by atoms with Crippen molar-refractivity contribution in [1.29, 1.82) is 0 Å². The molecular formula is C22H21F3N6O3S. The smallest absolute Gasteiger partial charge is 0.365 e. The van der Waals surface area contributed by atoms with Crippen LogP contribution in [0, 0.1) is 6.92 Å². The lowest BCUT2D eigenvalue weighted by atomic mass is 10.1. The fourth-order valence-electron chi connectivity index (χ4n) is 3.52. The molecule has 0 aliphatic carbocycles. The summed E-state index contributed by atoms with van der Waals surface area (Å²) < 4.78 is 66.6. The Morgan fingerprint density at radius 1 is 1.14 bits per heavy atom. The van der Waals surface area contributed by atoms with Crippen LogP contribution in [0.2, 0.25) is 0 Å². The minimum Gasteiger partial charge on any atom is -0.365 e. The fraction of sp³-hybridized carbons (Fsp3) is 0.227. The lowest BCUT2D eigenvalue weighted by Gasteiger charge is -2.17. The molecule has 1 aliphatic rings. The van der Waals surface area contributed by atoms with Gasteiger partial charge in [-0.15, -0.1) is 0 Å².